The van der Waals surface area contributed by atoms with Crippen LogP contribution < -0.4 is 5.73 Å². The van der Waals surface area contributed by atoms with Gasteiger partial charge in [0.1, 0.15) is 5.54 Å². The molecule has 0 aliphatic rings. The van der Waals surface area contributed by atoms with Crippen molar-refractivity contribution in [2.45, 2.75) is 19.4 Å². The van der Waals surface area contributed by atoms with Gasteiger partial charge in [-0.05, 0) is 13.8 Å². The smallest absolute Gasteiger partial charge is 0.324 e. The lowest BCUT2D eigenvalue weighted by Crippen LogP contribution is -2.32. The van der Waals surface area contributed by atoms with Gasteiger partial charge < -0.3 is 5.11 Å². The molecule has 0 aromatic carbocycles. The summed E-state index contributed by atoms with van der Waals surface area (Å²) in [6.45, 7) is 2.66. The van der Waals surface area contributed by atoms with Crippen molar-refractivity contribution in [3.8, 4) is 0 Å². The lowest BCUT2D eigenvalue weighted by Gasteiger charge is -2.07. The van der Waals surface area contributed by atoms with Crippen molar-refractivity contribution in [3.63, 3.8) is 0 Å². The van der Waals surface area contributed by atoms with Crippen molar-refractivity contribution < 1.29 is 9.90 Å². The van der Waals surface area contributed by atoms with Gasteiger partial charge in [0.15, 0.2) is 0 Å². The number of carbonyl (C=O) groups is 1. The Hall–Kier alpha value is -0.570. The van der Waals surface area contributed by atoms with E-state index >= 15 is 0 Å². The highest BCUT2D eigenvalue weighted by molar-refractivity contribution is 5.76. The molecule has 0 aliphatic heterocycles. The van der Waals surface area contributed by atoms with E-state index in [1.807, 2.05) is 0 Å². The molecular weight excluding hydrogens is 94.0 g/mol. The second-order valence-electron chi connectivity index (χ2n) is 1.93. The summed E-state index contributed by atoms with van der Waals surface area (Å²) in [4.78, 5) is 9.83. The average molecular weight is 102 g/mol. The van der Waals surface area contributed by atoms with Gasteiger partial charge >= 0.3 is 5.97 Å². The summed E-state index contributed by atoms with van der Waals surface area (Å²) < 4.78 is 0. The van der Waals surface area contributed by atoms with Crippen molar-refractivity contribution in [3.05, 3.63) is 0 Å². The van der Waals surface area contributed by atoms with Gasteiger partial charge in [0, 0.05) is 0 Å². The first kappa shape index (κ1) is 6.43. The van der Waals surface area contributed by atoms with E-state index in [0.717, 1.165) is 0 Å². The van der Waals surface area contributed by atoms with E-state index in [-0.39, 0.29) is 0 Å². The molecule has 41 valence electrons. The molecule has 1 radical (unpaired) electrons. The van der Waals surface area contributed by atoms with Crippen molar-refractivity contribution in [2.24, 2.45) is 0 Å². The number of hydrogen-bond donors (Lipinski definition) is 1. The zero-order valence-electron chi connectivity index (χ0n) is 4.36. The number of carboxylic acid groups (broad SMARTS) is 1. The quantitative estimate of drug-likeness (QED) is 0.511. The van der Waals surface area contributed by atoms with E-state index in [9.17, 15) is 4.79 Å². The highest BCUT2D eigenvalue weighted by Gasteiger charge is 2.20. The number of hydrogen-bond acceptors (Lipinski definition) is 1. The monoisotopic (exact) mass is 102 g/mol. The highest BCUT2D eigenvalue weighted by atomic mass is 16.4. The standard InChI is InChI=1S/C4H8NO2/c1-4(2,5)3(6)7/h5H,1-2H3,(H,6,7). The summed E-state index contributed by atoms with van der Waals surface area (Å²) in [7, 11) is 0. The molecule has 2 N–H and O–H groups in total. The normalized spacial score (nSPS) is 11.3. The minimum Gasteiger partial charge on any atom is -0.480 e. The molecule has 0 atom stereocenters. The summed E-state index contributed by atoms with van der Waals surface area (Å²) in [5, 5.41) is 8.06. The van der Waals surface area contributed by atoms with Crippen LogP contribution in [0.5, 0.6) is 0 Å². The van der Waals surface area contributed by atoms with E-state index in [2.05, 4.69) is 0 Å². The van der Waals surface area contributed by atoms with Crippen LogP contribution in [-0.4, -0.2) is 16.6 Å². The third-order valence-corrected chi connectivity index (χ3v) is 0.535. The highest BCUT2D eigenvalue weighted by Crippen LogP contribution is 1.96. The Labute approximate surface area is 42.1 Å². The van der Waals surface area contributed by atoms with Crippen LogP contribution in [0.3, 0.4) is 0 Å². The predicted molar refractivity (Wildman–Crippen MR) is 24.8 cm³/mol. The Morgan fingerprint density at radius 2 is 1.86 bits per heavy atom. The van der Waals surface area contributed by atoms with Crippen LogP contribution in [0.2, 0.25) is 0 Å². The van der Waals surface area contributed by atoms with Gasteiger partial charge in [-0.25, -0.2) is 5.73 Å². The first-order valence-corrected chi connectivity index (χ1v) is 1.93. The van der Waals surface area contributed by atoms with Gasteiger partial charge in [0.25, 0.3) is 0 Å². The fourth-order valence-corrected chi connectivity index (χ4v) is 0. The average Bonchev–Trinajstić information content (AvgIpc) is 1.31. The lowest BCUT2D eigenvalue weighted by molar-refractivity contribution is -0.142. The molecule has 0 bridgehead atoms. The first-order valence-electron chi connectivity index (χ1n) is 1.93. The third-order valence-electron chi connectivity index (χ3n) is 0.535. The Balaban J connectivity index is 3.79. The molecule has 0 aliphatic carbocycles. The maximum Gasteiger partial charge on any atom is 0.324 e. The van der Waals surface area contributed by atoms with Crippen LogP contribution in [0, 0.1) is 0 Å². The maximum absolute atomic E-state index is 9.83. The first-order chi connectivity index (χ1) is 2.94. The molecule has 3 nitrogen and oxygen atoms in total. The van der Waals surface area contributed by atoms with Gasteiger partial charge in [-0.3, -0.25) is 4.79 Å². The number of rotatable bonds is 1. The van der Waals surface area contributed by atoms with Crippen LogP contribution >= 0.6 is 0 Å². The molecule has 0 heterocycles. The second-order valence-corrected chi connectivity index (χ2v) is 1.93. The SMILES string of the molecule is CC(C)([NH])C(=O)O. The van der Waals surface area contributed by atoms with Crippen LogP contribution in [0.1, 0.15) is 13.8 Å². The van der Waals surface area contributed by atoms with Crippen LogP contribution in [0.15, 0.2) is 0 Å². The Bertz CT molecular complexity index is 82.2. The predicted octanol–water partition coefficient (Wildman–Crippen LogP) is 0.132. The molecule has 0 rings (SSSR count). The molecule has 0 spiro atoms. The molecule has 0 saturated heterocycles. The topological polar surface area (TPSA) is 61.1 Å². The third kappa shape index (κ3) is 2.17. The van der Waals surface area contributed by atoms with Crippen LogP contribution in [-0.2, 0) is 4.79 Å². The summed E-state index contributed by atoms with van der Waals surface area (Å²) in [5.41, 5.74) is 5.45. The van der Waals surface area contributed by atoms with Crippen LogP contribution in [0.4, 0.5) is 0 Å². The molecule has 0 unspecified atom stereocenters. The molecule has 7 heavy (non-hydrogen) atoms. The number of nitrogens with one attached hydrogen (secondary N) is 1. The van der Waals surface area contributed by atoms with Gasteiger partial charge in [-0.15, -0.1) is 0 Å². The summed E-state index contributed by atoms with van der Waals surface area (Å²) in [6, 6.07) is 0. The van der Waals surface area contributed by atoms with E-state index in [1.165, 1.54) is 13.8 Å². The minimum absolute atomic E-state index is 1.09. The van der Waals surface area contributed by atoms with E-state index in [1.54, 1.807) is 0 Å². The lowest BCUT2D eigenvalue weighted by atomic mass is 10.1. The van der Waals surface area contributed by atoms with E-state index < -0.39 is 11.5 Å². The summed E-state index contributed by atoms with van der Waals surface area (Å²) >= 11 is 0. The molecule has 0 aromatic rings. The maximum atomic E-state index is 9.83. The van der Waals surface area contributed by atoms with Gasteiger partial charge in [0.05, 0.1) is 0 Å². The largest absolute Gasteiger partial charge is 0.480 e. The Morgan fingerprint density at radius 1 is 1.71 bits per heavy atom. The van der Waals surface area contributed by atoms with Crippen molar-refractivity contribution in [1.29, 1.82) is 0 Å². The fourth-order valence-electron chi connectivity index (χ4n) is 0. The zero-order valence-corrected chi connectivity index (χ0v) is 4.36. The van der Waals surface area contributed by atoms with E-state index in [4.69, 9.17) is 10.8 Å². The van der Waals surface area contributed by atoms with Gasteiger partial charge in [-0.1, -0.05) is 0 Å². The molecule has 0 aromatic heterocycles. The van der Waals surface area contributed by atoms with Gasteiger partial charge in [0.2, 0.25) is 0 Å². The van der Waals surface area contributed by atoms with Crippen molar-refractivity contribution >= 4 is 5.97 Å². The summed E-state index contributed by atoms with van der Waals surface area (Å²) in [6.07, 6.45) is 0. The van der Waals surface area contributed by atoms with Gasteiger partial charge in [-0.2, -0.15) is 0 Å². The fraction of sp³-hybridized carbons (Fsp3) is 0.750. The second kappa shape index (κ2) is 1.50. The number of carboxylic acids is 1. The van der Waals surface area contributed by atoms with E-state index in [0.29, 0.717) is 0 Å². The van der Waals surface area contributed by atoms with Crippen molar-refractivity contribution in [2.75, 3.05) is 0 Å². The molecular formula is C4H8NO2. The zero-order chi connectivity index (χ0) is 6.08. The minimum atomic E-state index is -1.33. The molecule has 0 saturated carbocycles. The van der Waals surface area contributed by atoms with Crippen molar-refractivity contribution in [1.82, 2.24) is 5.73 Å². The number of aliphatic carboxylic acids is 1. The molecule has 0 fully saturated rings. The molecule has 0 amide bonds. The van der Waals surface area contributed by atoms with Crippen LogP contribution in [0.25, 0.3) is 0 Å². The molecule has 3 heteroatoms. The summed E-state index contributed by atoms with van der Waals surface area (Å²) in [5.74, 6) is -1.09. The Morgan fingerprint density at radius 3 is 1.86 bits per heavy atom. The Kier molecular flexibility index (Phi) is 1.38.